The first-order chi connectivity index (χ1) is 17.8. The lowest BCUT2D eigenvalue weighted by Crippen LogP contribution is -1.99. The molecule has 0 saturated carbocycles. The van der Waals surface area contributed by atoms with Crippen LogP contribution in [0.25, 0.3) is 0 Å². The number of hydrogen-bond donors (Lipinski definition) is 3. The van der Waals surface area contributed by atoms with Crippen molar-refractivity contribution in [1.82, 2.24) is 0 Å². The monoisotopic (exact) mass is 722 g/mol. The first-order valence-electron chi connectivity index (χ1n) is 10.2. The van der Waals surface area contributed by atoms with Crippen LogP contribution in [-0.4, -0.2) is 4.92 Å². The number of nitro benzene ring substituents is 1. The third-order valence-electron chi connectivity index (χ3n) is 4.59. The molecule has 0 saturated heterocycles. The highest BCUT2D eigenvalue weighted by Crippen LogP contribution is 2.43. The number of rotatable bonds is 5. The van der Waals surface area contributed by atoms with E-state index in [0.29, 0.717) is 48.2 Å². The van der Waals surface area contributed by atoms with Gasteiger partial charge in [-0.05, 0) is 60.7 Å². The zero-order valence-corrected chi connectivity index (χ0v) is 25.0. The van der Waals surface area contributed by atoms with Crippen LogP contribution >= 0.6 is 78.3 Å². The van der Waals surface area contributed by atoms with E-state index < -0.39 is 4.92 Å². The molecule has 0 amide bonds. The van der Waals surface area contributed by atoms with Gasteiger partial charge >= 0.3 is 5.69 Å². The molecular formula is C24H16Br2Cl4N4O4. The Labute approximate surface area is 253 Å². The van der Waals surface area contributed by atoms with Crippen molar-refractivity contribution in [1.29, 1.82) is 0 Å². The van der Waals surface area contributed by atoms with Gasteiger partial charge in [0.25, 0.3) is 0 Å². The van der Waals surface area contributed by atoms with Crippen LogP contribution in [0.5, 0.6) is 23.0 Å². The number of hydrogen-bond acceptors (Lipinski definition) is 7. The van der Waals surface area contributed by atoms with Crippen LogP contribution in [0.3, 0.4) is 0 Å². The summed E-state index contributed by atoms with van der Waals surface area (Å²) >= 11 is 30.4. The molecule has 0 aliphatic rings. The van der Waals surface area contributed by atoms with Crippen LogP contribution in [0.4, 0.5) is 22.7 Å². The average Bonchev–Trinajstić information content (AvgIpc) is 2.81. The molecule has 0 aliphatic carbocycles. The van der Waals surface area contributed by atoms with Crippen LogP contribution in [0.2, 0.25) is 20.1 Å². The van der Waals surface area contributed by atoms with E-state index in [2.05, 4.69) is 31.9 Å². The van der Waals surface area contributed by atoms with Crippen molar-refractivity contribution in [3.63, 3.8) is 0 Å². The fourth-order valence-corrected chi connectivity index (χ4v) is 5.00. The Bertz CT molecular complexity index is 1490. The van der Waals surface area contributed by atoms with Gasteiger partial charge in [-0.25, -0.2) is 0 Å². The van der Waals surface area contributed by atoms with Gasteiger partial charge in [-0.2, -0.15) is 0 Å². The van der Waals surface area contributed by atoms with Crippen molar-refractivity contribution in [2.24, 2.45) is 0 Å². The molecule has 0 atom stereocenters. The Morgan fingerprint density at radius 2 is 1.13 bits per heavy atom. The van der Waals surface area contributed by atoms with Gasteiger partial charge in [-0.3, -0.25) is 10.1 Å². The van der Waals surface area contributed by atoms with Crippen molar-refractivity contribution in [2.75, 3.05) is 17.2 Å². The van der Waals surface area contributed by atoms with E-state index in [-0.39, 0.29) is 22.1 Å². The fourth-order valence-electron chi connectivity index (χ4n) is 2.95. The van der Waals surface area contributed by atoms with E-state index >= 15 is 0 Å². The maximum Gasteiger partial charge on any atom is 0.335 e. The summed E-state index contributed by atoms with van der Waals surface area (Å²) in [6, 6.07) is 16.0. The minimum absolute atomic E-state index is 0.0320. The van der Waals surface area contributed by atoms with E-state index in [4.69, 9.17) is 73.1 Å². The van der Waals surface area contributed by atoms with Crippen molar-refractivity contribution >= 4 is 101 Å². The Balaban J connectivity index is 0.000000212. The summed E-state index contributed by atoms with van der Waals surface area (Å²) in [6.07, 6.45) is 0. The molecular weight excluding hydrogens is 710 g/mol. The van der Waals surface area contributed by atoms with Gasteiger partial charge in [-0.1, -0.05) is 78.3 Å². The summed E-state index contributed by atoms with van der Waals surface area (Å²) in [4.78, 5) is 10.4. The standard InChI is InChI=1S/C12H7BrCl2N2O3.C12H9BrCl2N2O/c13-6-3-7(14)5-8(4-6)20-12-9(15)1-2-10(16)11(12)17(18)19;13-6-3-7(14)5-8(4-6)18-12-9(15)1-2-10(16)11(12)17/h1-5H,16H2;1-5H,16-17H2. The summed E-state index contributed by atoms with van der Waals surface area (Å²) < 4.78 is 12.6. The lowest BCUT2D eigenvalue weighted by atomic mass is 10.2. The van der Waals surface area contributed by atoms with Gasteiger partial charge in [0.15, 0.2) is 5.75 Å². The molecule has 38 heavy (non-hydrogen) atoms. The third kappa shape index (κ3) is 7.72. The van der Waals surface area contributed by atoms with E-state index in [1.807, 2.05) is 0 Å². The van der Waals surface area contributed by atoms with Gasteiger partial charge in [0.1, 0.15) is 17.2 Å². The second-order valence-electron chi connectivity index (χ2n) is 7.37. The Morgan fingerprint density at radius 1 is 0.684 bits per heavy atom. The molecule has 4 aromatic rings. The number of benzene rings is 4. The normalized spacial score (nSPS) is 10.4. The highest BCUT2D eigenvalue weighted by atomic mass is 79.9. The molecule has 4 rings (SSSR count). The second-order valence-corrected chi connectivity index (χ2v) is 10.9. The van der Waals surface area contributed by atoms with Crippen molar-refractivity contribution in [3.8, 4) is 23.0 Å². The summed E-state index contributed by atoms with van der Waals surface area (Å²) in [7, 11) is 0. The van der Waals surface area contributed by atoms with Gasteiger partial charge in [-0.15, -0.1) is 0 Å². The van der Waals surface area contributed by atoms with E-state index in [1.165, 1.54) is 18.2 Å². The molecule has 0 heterocycles. The smallest absolute Gasteiger partial charge is 0.335 e. The van der Waals surface area contributed by atoms with Crippen LogP contribution in [-0.2, 0) is 0 Å². The van der Waals surface area contributed by atoms with Gasteiger partial charge in [0, 0.05) is 19.0 Å². The Morgan fingerprint density at radius 3 is 1.61 bits per heavy atom. The molecule has 6 N–H and O–H groups in total. The number of nitrogen functional groups attached to an aromatic ring is 3. The fraction of sp³-hybridized carbons (Fsp3) is 0. The van der Waals surface area contributed by atoms with Gasteiger partial charge in [0.05, 0.1) is 26.3 Å². The SMILES string of the molecule is Nc1ccc(Cl)c(Oc2cc(Cl)cc(Br)c2)c1N.Nc1ccc(Cl)c(Oc2cc(Cl)cc(Br)c2)c1[N+](=O)[O-]. The lowest BCUT2D eigenvalue weighted by Gasteiger charge is -2.12. The van der Waals surface area contributed by atoms with E-state index in [9.17, 15) is 10.1 Å². The maximum atomic E-state index is 11.1. The topological polar surface area (TPSA) is 140 Å². The molecule has 4 aromatic carbocycles. The minimum Gasteiger partial charge on any atom is -0.453 e. The highest BCUT2D eigenvalue weighted by Gasteiger charge is 2.23. The minimum atomic E-state index is -0.643. The maximum absolute atomic E-state index is 11.1. The van der Waals surface area contributed by atoms with Gasteiger partial charge < -0.3 is 26.7 Å². The summed E-state index contributed by atoms with van der Waals surface area (Å²) in [5, 5.41) is 12.5. The summed E-state index contributed by atoms with van der Waals surface area (Å²) in [5.74, 6) is 1.03. The van der Waals surface area contributed by atoms with Crippen LogP contribution in [0.1, 0.15) is 0 Å². The van der Waals surface area contributed by atoms with Crippen LogP contribution < -0.4 is 26.7 Å². The van der Waals surface area contributed by atoms with Crippen molar-refractivity contribution in [3.05, 3.63) is 99.8 Å². The van der Waals surface area contributed by atoms with Crippen LogP contribution in [0, 0.1) is 10.1 Å². The molecule has 14 heteroatoms. The highest BCUT2D eigenvalue weighted by molar-refractivity contribution is 9.10. The first kappa shape index (κ1) is 29.9. The molecule has 0 unspecified atom stereocenters. The third-order valence-corrected chi connectivity index (χ3v) is 6.54. The molecule has 0 bridgehead atoms. The molecule has 0 fully saturated rings. The predicted molar refractivity (Wildman–Crippen MR) is 161 cm³/mol. The van der Waals surface area contributed by atoms with E-state index in [0.717, 1.165) is 4.47 Å². The summed E-state index contributed by atoms with van der Waals surface area (Å²) in [5.41, 5.74) is 17.4. The van der Waals surface area contributed by atoms with Crippen molar-refractivity contribution < 1.29 is 14.4 Å². The molecule has 198 valence electrons. The molecule has 0 aromatic heterocycles. The largest absolute Gasteiger partial charge is 0.453 e. The van der Waals surface area contributed by atoms with E-state index in [1.54, 1.807) is 42.5 Å². The Hall–Kier alpha value is -2.60. The average molecular weight is 726 g/mol. The predicted octanol–water partition coefficient (Wildman–Crippen LogP) is 9.75. The second kappa shape index (κ2) is 13.0. The molecule has 0 spiro atoms. The lowest BCUT2D eigenvalue weighted by molar-refractivity contribution is -0.384. The first-order valence-corrected chi connectivity index (χ1v) is 13.3. The Kier molecular flexibility index (Phi) is 10.2. The molecule has 0 radical (unpaired) electrons. The molecule has 8 nitrogen and oxygen atoms in total. The molecule has 0 aliphatic heterocycles. The quantitative estimate of drug-likeness (QED) is 0.106. The number of nitrogens with two attached hydrogens (primary N) is 3. The zero-order valence-electron chi connectivity index (χ0n) is 18.9. The summed E-state index contributed by atoms with van der Waals surface area (Å²) in [6.45, 7) is 0. The van der Waals surface area contributed by atoms with Gasteiger partial charge in [0.2, 0.25) is 5.75 Å². The number of nitrogens with zero attached hydrogens (tertiary/aromatic N) is 1. The zero-order chi connectivity index (χ0) is 28.1. The number of anilines is 3. The number of halogens is 6. The number of ether oxygens (including phenoxy) is 2. The van der Waals surface area contributed by atoms with Crippen molar-refractivity contribution in [2.45, 2.75) is 0 Å². The van der Waals surface area contributed by atoms with Crippen LogP contribution in [0.15, 0.2) is 69.6 Å². The number of nitro groups is 1.